The summed E-state index contributed by atoms with van der Waals surface area (Å²) in [5, 5.41) is 2.97. The maximum atomic E-state index is 12.1. The van der Waals surface area contributed by atoms with Crippen molar-refractivity contribution < 1.29 is 9.53 Å². The van der Waals surface area contributed by atoms with Crippen molar-refractivity contribution in [2.24, 2.45) is 0 Å². The van der Waals surface area contributed by atoms with Gasteiger partial charge in [-0.25, -0.2) is 0 Å². The number of carbonyl (C=O) groups excluding carboxylic acids is 1. The molecule has 0 aliphatic heterocycles. The summed E-state index contributed by atoms with van der Waals surface area (Å²) in [6.45, 7) is 6.44. The van der Waals surface area contributed by atoms with Crippen molar-refractivity contribution in [1.82, 2.24) is 5.32 Å². The fraction of sp³-hybridized carbons (Fsp3) is 0.350. The van der Waals surface area contributed by atoms with Crippen molar-refractivity contribution in [3.05, 3.63) is 59.2 Å². The van der Waals surface area contributed by atoms with Crippen LogP contribution >= 0.6 is 0 Å². The number of benzene rings is 2. The van der Waals surface area contributed by atoms with Crippen molar-refractivity contribution in [1.29, 1.82) is 0 Å². The van der Waals surface area contributed by atoms with Gasteiger partial charge in [0, 0.05) is 12.1 Å². The summed E-state index contributed by atoms with van der Waals surface area (Å²) in [6, 6.07) is 13.6. The Kier molecular flexibility index (Phi) is 6.24. The molecule has 1 atom stereocenters. The Morgan fingerprint density at radius 3 is 2.46 bits per heavy atom. The molecule has 0 aromatic heterocycles. The zero-order valence-corrected chi connectivity index (χ0v) is 14.6. The van der Waals surface area contributed by atoms with E-state index in [2.05, 4.69) is 5.32 Å². The lowest BCUT2D eigenvalue weighted by Crippen LogP contribution is -2.37. The van der Waals surface area contributed by atoms with Crippen LogP contribution in [0.2, 0.25) is 0 Å². The van der Waals surface area contributed by atoms with E-state index in [1.165, 1.54) is 0 Å². The van der Waals surface area contributed by atoms with Gasteiger partial charge in [0.2, 0.25) is 5.91 Å². The molecule has 0 radical (unpaired) electrons. The molecule has 0 saturated heterocycles. The normalized spacial score (nSPS) is 11.8. The molecule has 0 aliphatic rings. The summed E-state index contributed by atoms with van der Waals surface area (Å²) < 4.78 is 5.88. The zero-order chi connectivity index (χ0) is 17.5. The van der Waals surface area contributed by atoms with Crippen LogP contribution < -0.4 is 15.8 Å². The molecule has 0 spiro atoms. The Labute approximate surface area is 144 Å². The molecular formula is C20H26N2O2. The van der Waals surface area contributed by atoms with Gasteiger partial charge in [-0.15, -0.1) is 0 Å². The first-order chi connectivity index (χ1) is 11.5. The number of aryl methyl sites for hydroxylation is 3. The molecule has 1 unspecified atom stereocenters. The number of anilines is 1. The predicted molar refractivity (Wildman–Crippen MR) is 98.2 cm³/mol. The van der Waals surface area contributed by atoms with Crippen LogP contribution in [-0.4, -0.2) is 18.6 Å². The first-order valence-corrected chi connectivity index (χ1v) is 8.29. The molecule has 0 saturated carbocycles. The van der Waals surface area contributed by atoms with Crippen LogP contribution in [0.15, 0.2) is 42.5 Å². The minimum absolute atomic E-state index is 0.0101. The van der Waals surface area contributed by atoms with E-state index < -0.39 is 0 Å². The minimum atomic E-state index is -0.0513. The van der Waals surface area contributed by atoms with Crippen LogP contribution in [0.4, 0.5) is 5.69 Å². The Balaban J connectivity index is 1.78. The van der Waals surface area contributed by atoms with Crippen LogP contribution in [0.25, 0.3) is 0 Å². The molecule has 24 heavy (non-hydrogen) atoms. The Bertz CT molecular complexity index is 678. The van der Waals surface area contributed by atoms with Crippen LogP contribution in [0.3, 0.4) is 0 Å². The van der Waals surface area contributed by atoms with E-state index in [-0.39, 0.29) is 11.9 Å². The van der Waals surface area contributed by atoms with Gasteiger partial charge in [0.15, 0.2) is 0 Å². The lowest BCUT2D eigenvalue weighted by molar-refractivity contribution is -0.121. The number of ether oxygens (including phenoxy) is 1. The van der Waals surface area contributed by atoms with Gasteiger partial charge in [-0.05, 0) is 49.9 Å². The highest BCUT2D eigenvalue weighted by atomic mass is 16.5. The molecular weight excluding hydrogens is 300 g/mol. The standard InChI is InChI=1S/C20H26N2O2/c1-14-7-6-8-15(2)20(14)24-13-16(3)22-19(23)12-11-17-9-4-5-10-18(17)21/h4-10,16H,11-13,21H2,1-3H3,(H,22,23). The summed E-state index contributed by atoms with van der Waals surface area (Å²) in [4.78, 5) is 12.1. The summed E-state index contributed by atoms with van der Waals surface area (Å²) in [6.07, 6.45) is 1.06. The SMILES string of the molecule is Cc1cccc(C)c1OCC(C)NC(=O)CCc1ccccc1N. The van der Waals surface area contributed by atoms with Gasteiger partial charge < -0.3 is 15.8 Å². The summed E-state index contributed by atoms with van der Waals surface area (Å²) in [5.41, 5.74) is 9.85. The molecule has 2 aromatic carbocycles. The number of rotatable bonds is 7. The third-order valence-electron chi connectivity index (χ3n) is 3.97. The minimum Gasteiger partial charge on any atom is -0.491 e. The molecule has 2 rings (SSSR count). The van der Waals surface area contributed by atoms with Crippen molar-refractivity contribution in [2.75, 3.05) is 12.3 Å². The van der Waals surface area contributed by atoms with E-state index in [0.717, 1.165) is 28.1 Å². The summed E-state index contributed by atoms with van der Waals surface area (Å²) in [5.74, 6) is 0.909. The summed E-state index contributed by atoms with van der Waals surface area (Å²) in [7, 11) is 0. The fourth-order valence-corrected chi connectivity index (χ4v) is 2.63. The second-order valence-corrected chi connectivity index (χ2v) is 6.20. The maximum absolute atomic E-state index is 12.1. The molecule has 1 amide bonds. The van der Waals surface area contributed by atoms with Crippen LogP contribution in [0.1, 0.15) is 30.0 Å². The number of hydrogen-bond donors (Lipinski definition) is 2. The van der Waals surface area contributed by atoms with E-state index in [9.17, 15) is 4.79 Å². The van der Waals surface area contributed by atoms with Crippen molar-refractivity contribution in [3.8, 4) is 5.75 Å². The third kappa shape index (κ3) is 5.01. The van der Waals surface area contributed by atoms with Crippen LogP contribution in [-0.2, 0) is 11.2 Å². The largest absolute Gasteiger partial charge is 0.491 e. The van der Waals surface area contributed by atoms with Gasteiger partial charge in [-0.3, -0.25) is 4.79 Å². The average Bonchev–Trinajstić information content (AvgIpc) is 2.53. The molecule has 0 heterocycles. The first-order valence-electron chi connectivity index (χ1n) is 8.29. The van der Waals surface area contributed by atoms with Crippen LogP contribution in [0.5, 0.6) is 5.75 Å². The Hall–Kier alpha value is -2.49. The van der Waals surface area contributed by atoms with Gasteiger partial charge in [0.05, 0.1) is 6.04 Å². The average molecular weight is 326 g/mol. The van der Waals surface area contributed by atoms with Gasteiger partial charge in [0.1, 0.15) is 12.4 Å². The molecule has 3 N–H and O–H groups in total. The quantitative estimate of drug-likeness (QED) is 0.767. The highest BCUT2D eigenvalue weighted by Gasteiger charge is 2.11. The van der Waals surface area contributed by atoms with E-state index in [4.69, 9.17) is 10.5 Å². The topological polar surface area (TPSA) is 64.3 Å². The number of carbonyl (C=O) groups is 1. The molecule has 0 bridgehead atoms. The van der Waals surface area contributed by atoms with Gasteiger partial charge in [-0.1, -0.05) is 36.4 Å². The number of hydrogen-bond acceptors (Lipinski definition) is 3. The molecule has 4 heteroatoms. The second kappa shape index (κ2) is 8.39. The van der Waals surface area contributed by atoms with Crippen molar-refractivity contribution >= 4 is 11.6 Å². The Morgan fingerprint density at radius 2 is 1.79 bits per heavy atom. The van der Waals surface area contributed by atoms with E-state index in [1.807, 2.05) is 63.2 Å². The number of nitrogens with one attached hydrogen (secondary N) is 1. The van der Waals surface area contributed by atoms with Crippen LogP contribution in [0, 0.1) is 13.8 Å². The zero-order valence-electron chi connectivity index (χ0n) is 14.6. The summed E-state index contributed by atoms with van der Waals surface area (Å²) >= 11 is 0. The maximum Gasteiger partial charge on any atom is 0.220 e. The van der Waals surface area contributed by atoms with E-state index in [0.29, 0.717) is 19.4 Å². The molecule has 2 aromatic rings. The first kappa shape index (κ1) is 17.9. The van der Waals surface area contributed by atoms with Crippen molar-refractivity contribution in [2.45, 2.75) is 39.7 Å². The second-order valence-electron chi connectivity index (χ2n) is 6.20. The lowest BCUT2D eigenvalue weighted by atomic mass is 10.1. The Morgan fingerprint density at radius 1 is 1.12 bits per heavy atom. The number of nitrogen functional groups attached to an aromatic ring is 1. The highest BCUT2D eigenvalue weighted by Crippen LogP contribution is 2.22. The monoisotopic (exact) mass is 326 g/mol. The molecule has 0 fully saturated rings. The number of amides is 1. The van der Waals surface area contributed by atoms with Gasteiger partial charge in [-0.2, -0.15) is 0 Å². The predicted octanol–water partition coefficient (Wildman–Crippen LogP) is 3.40. The van der Waals surface area contributed by atoms with E-state index in [1.54, 1.807) is 0 Å². The third-order valence-corrected chi connectivity index (χ3v) is 3.97. The van der Waals surface area contributed by atoms with Crippen molar-refractivity contribution in [3.63, 3.8) is 0 Å². The smallest absolute Gasteiger partial charge is 0.220 e. The molecule has 0 aliphatic carbocycles. The fourth-order valence-electron chi connectivity index (χ4n) is 2.63. The number of nitrogens with two attached hydrogens (primary N) is 1. The van der Waals surface area contributed by atoms with Gasteiger partial charge in [0.25, 0.3) is 0 Å². The van der Waals surface area contributed by atoms with Gasteiger partial charge >= 0.3 is 0 Å². The van der Waals surface area contributed by atoms with E-state index >= 15 is 0 Å². The molecule has 4 nitrogen and oxygen atoms in total. The highest BCUT2D eigenvalue weighted by molar-refractivity contribution is 5.76. The number of para-hydroxylation sites is 2. The lowest BCUT2D eigenvalue weighted by Gasteiger charge is -2.17. The molecule has 128 valence electrons.